The average molecular weight is 339 g/mol. The number of aryl methyl sites for hydroxylation is 1. The average Bonchev–Trinajstić information content (AvgIpc) is 2.55. The Hall–Kier alpha value is -2.64. The summed E-state index contributed by atoms with van der Waals surface area (Å²) >= 11 is 0. The second kappa shape index (κ2) is 7.76. The molecule has 5 nitrogen and oxygen atoms in total. The third kappa shape index (κ3) is 5.86. The molecular formula is C16H16F3N3O2. The Balaban J connectivity index is 1.75. The van der Waals surface area contributed by atoms with E-state index in [-0.39, 0.29) is 6.42 Å². The molecule has 0 unspecified atom stereocenters. The van der Waals surface area contributed by atoms with Crippen molar-refractivity contribution in [2.45, 2.75) is 19.0 Å². The van der Waals surface area contributed by atoms with Gasteiger partial charge in [-0.15, -0.1) is 0 Å². The van der Waals surface area contributed by atoms with E-state index in [9.17, 15) is 22.8 Å². The first-order valence-electron chi connectivity index (χ1n) is 7.28. The minimum absolute atomic E-state index is 0.0951. The first-order chi connectivity index (χ1) is 11.3. The van der Waals surface area contributed by atoms with Gasteiger partial charge in [-0.1, -0.05) is 24.3 Å². The van der Waals surface area contributed by atoms with Crippen LogP contribution in [0.25, 0.3) is 10.9 Å². The first-order valence-corrected chi connectivity index (χ1v) is 7.28. The van der Waals surface area contributed by atoms with Crippen LogP contribution < -0.4 is 10.6 Å². The SMILES string of the molecule is O=C(CCc1ccc2ccccc2n1)NCC(=O)NCC(F)(F)F. The van der Waals surface area contributed by atoms with Crippen molar-refractivity contribution in [3.05, 3.63) is 42.1 Å². The van der Waals surface area contributed by atoms with Crippen LogP contribution in [0.4, 0.5) is 13.2 Å². The molecule has 8 heteroatoms. The number of fused-ring (bicyclic) bond motifs is 1. The number of pyridine rings is 1. The Morgan fingerprint density at radius 2 is 1.75 bits per heavy atom. The highest BCUT2D eigenvalue weighted by molar-refractivity contribution is 5.84. The molecule has 0 aliphatic heterocycles. The Morgan fingerprint density at radius 1 is 1.00 bits per heavy atom. The minimum Gasteiger partial charge on any atom is -0.347 e. The predicted octanol–water partition coefficient (Wildman–Crippen LogP) is 1.96. The number of hydrogen-bond acceptors (Lipinski definition) is 3. The fraction of sp³-hybridized carbons (Fsp3) is 0.312. The van der Waals surface area contributed by atoms with Gasteiger partial charge in [0.2, 0.25) is 11.8 Å². The van der Waals surface area contributed by atoms with E-state index in [2.05, 4.69) is 10.3 Å². The quantitative estimate of drug-likeness (QED) is 0.845. The Morgan fingerprint density at radius 3 is 2.50 bits per heavy atom. The van der Waals surface area contributed by atoms with E-state index in [0.29, 0.717) is 6.42 Å². The highest BCUT2D eigenvalue weighted by atomic mass is 19.4. The number of nitrogens with one attached hydrogen (secondary N) is 2. The van der Waals surface area contributed by atoms with Crippen LogP contribution in [0, 0.1) is 0 Å². The molecule has 0 aliphatic carbocycles. The maximum absolute atomic E-state index is 11.9. The number of benzene rings is 1. The van der Waals surface area contributed by atoms with E-state index in [0.717, 1.165) is 16.6 Å². The lowest BCUT2D eigenvalue weighted by atomic mass is 10.1. The second-order valence-electron chi connectivity index (χ2n) is 5.16. The molecule has 1 aromatic carbocycles. The van der Waals surface area contributed by atoms with Crippen molar-refractivity contribution >= 4 is 22.7 Å². The zero-order valence-electron chi connectivity index (χ0n) is 12.7. The summed E-state index contributed by atoms with van der Waals surface area (Å²) < 4.78 is 35.8. The van der Waals surface area contributed by atoms with Crippen molar-refractivity contribution in [1.82, 2.24) is 15.6 Å². The lowest BCUT2D eigenvalue weighted by Crippen LogP contribution is -2.40. The van der Waals surface area contributed by atoms with Gasteiger partial charge >= 0.3 is 6.18 Å². The summed E-state index contributed by atoms with van der Waals surface area (Å²) in [5.74, 6) is -1.31. The van der Waals surface area contributed by atoms with Gasteiger partial charge in [0.05, 0.1) is 12.1 Å². The molecule has 1 aromatic heterocycles. The number of nitrogens with zero attached hydrogens (tertiary/aromatic N) is 1. The van der Waals surface area contributed by atoms with Crippen LogP contribution in [0.15, 0.2) is 36.4 Å². The summed E-state index contributed by atoms with van der Waals surface area (Å²) in [6.45, 7) is -1.90. The zero-order valence-corrected chi connectivity index (χ0v) is 12.7. The molecular weight excluding hydrogens is 323 g/mol. The molecule has 2 N–H and O–H groups in total. The van der Waals surface area contributed by atoms with E-state index in [1.165, 1.54) is 0 Å². The molecule has 0 radical (unpaired) electrons. The number of amides is 2. The Bertz CT molecular complexity index is 732. The van der Waals surface area contributed by atoms with Crippen LogP contribution in [0.2, 0.25) is 0 Å². The number of alkyl halides is 3. The summed E-state index contributed by atoms with van der Waals surface area (Å²) in [6, 6.07) is 11.3. The molecule has 24 heavy (non-hydrogen) atoms. The van der Waals surface area contributed by atoms with Crippen molar-refractivity contribution < 1.29 is 22.8 Å². The topological polar surface area (TPSA) is 71.1 Å². The van der Waals surface area contributed by atoms with Crippen molar-refractivity contribution in [2.24, 2.45) is 0 Å². The summed E-state index contributed by atoms with van der Waals surface area (Å²) in [5.41, 5.74) is 1.55. The number of halogens is 3. The van der Waals surface area contributed by atoms with E-state index >= 15 is 0 Å². The highest BCUT2D eigenvalue weighted by Gasteiger charge is 2.27. The van der Waals surface area contributed by atoms with E-state index in [1.807, 2.05) is 36.4 Å². The maximum atomic E-state index is 11.9. The third-order valence-corrected chi connectivity index (χ3v) is 3.20. The van der Waals surface area contributed by atoms with Gasteiger partial charge in [-0.2, -0.15) is 13.2 Å². The number of para-hydroxylation sites is 1. The fourth-order valence-corrected chi connectivity index (χ4v) is 2.02. The van der Waals surface area contributed by atoms with Crippen LogP contribution in [0.1, 0.15) is 12.1 Å². The van der Waals surface area contributed by atoms with Gasteiger partial charge in [0.15, 0.2) is 0 Å². The van der Waals surface area contributed by atoms with Crippen LogP contribution in [0.5, 0.6) is 0 Å². The molecule has 1 heterocycles. The normalized spacial score (nSPS) is 11.3. The maximum Gasteiger partial charge on any atom is 0.405 e. The largest absolute Gasteiger partial charge is 0.405 e. The minimum atomic E-state index is -4.47. The van der Waals surface area contributed by atoms with Crippen LogP contribution in [0.3, 0.4) is 0 Å². The van der Waals surface area contributed by atoms with Crippen molar-refractivity contribution in [3.63, 3.8) is 0 Å². The molecule has 2 amide bonds. The van der Waals surface area contributed by atoms with E-state index < -0.39 is 31.1 Å². The van der Waals surface area contributed by atoms with Crippen molar-refractivity contribution in [1.29, 1.82) is 0 Å². The lowest BCUT2D eigenvalue weighted by Gasteiger charge is -2.09. The zero-order chi connectivity index (χ0) is 17.6. The summed E-state index contributed by atoms with van der Waals surface area (Å²) in [7, 11) is 0. The second-order valence-corrected chi connectivity index (χ2v) is 5.16. The van der Waals surface area contributed by atoms with Crippen LogP contribution in [-0.2, 0) is 16.0 Å². The third-order valence-electron chi connectivity index (χ3n) is 3.20. The molecule has 0 fully saturated rings. The molecule has 0 saturated heterocycles. The summed E-state index contributed by atoms with van der Waals surface area (Å²) in [6.07, 6.45) is -4.00. The first kappa shape index (κ1) is 17.7. The van der Waals surface area contributed by atoms with E-state index in [1.54, 1.807) is 5.32 Å². The van der Waals surface area contributed by atoms with Gasteiger partial charge in [0.1, 0.15) is 6.54 Å². The van der Waals surface area contributed by atoms with Gasteiger partial charge in [0, 0.05) is 17.5 Å². The molecule has 0 atom stereocenters. The highest BCUT2D eigenvalue weighted by Crippen LogP contribution is 2.13. The fourth-order valence-electron chi connectivity index (χ4n) is 2.02. The lowest BCUT2D eigenvalue weighted by molar-refractivity contribution is -0.138. The molecule has 128 valence electrons. The Kier molecular flexibility index (Phi) is 5.73. The van der Waals surface area contributed by atoms with Crippen LogP contribution in [-0.4, -0.2) is 36.1 Å². The number of hydrogen-bond donors (Lipinski definition) is 2. The Labute approximate surface area is 136 Å². The number of aromatic nitrogens is 1. The van der Waals surface area contributed by atoms with Gasteiger partial charge in [0.25, 0.3) is 0 Å². The predicted molar refractivity (Wildman–Crippen MR) is 82.1 cm³/mol. The van der Waals surface area contributed by atoms with Gasteiger partial charge < -0.3 is 10.6 Å². The molecule has 0 saturated carbocycles. The van der Waals surface area contributed by atoms with Crippen molar-refractivity contribution in [3.8, 4) is 0 Å². The number of rotatable bonds is 6. The van der Waals surface area contributed by atoms with Gasteiger partial charge in [-0.3, -0.25) is 14.6 Å². The summed E-state index contributed by atoms with van der Waals surface area (Å²) in [4.78, 5) is 27.2. The number of carbonyl (C=O) groups is 2. The molecule has 0 spiro atoms. The molecule has 0 bridgehead atoms. The standard InChI is InChI=1S/C16H16F3N3O2/c17-16(18,19)10-21-15(24)9-20-14(23)8-7-12-6-5-11-3-1-2-4-13(11)22-12/h1-6H,7-10H2,(H,20,23)(H,21,24). The van der Waals surface area contributed by atoms with Gasteiger partial charge in [-0.05, 0) is 18.6 Å². The monoisotopic (exact) mass is 339 g/mol. The smallest absolute Gasteiger partial charge is 0.347 e. The molecule has 2 aromatic rings. The molecule has 2 rings (SSSR count). The summed E-state index contributed by atoms with van der Waals surface area (Å²) in [5, 5.41) is 4.95. The molecule has 0 aliphatic rings. The van der Waals surface area contributed by atoms with E-state index in [4.69, 9.17) is 0 Å². The van der Waals surface area contributed by atoms with Gasteiger partial charge in [-0.25, -0.2) is 0 Å². The van der Waals surface area contributed by atoms with Crippen molar-refractivity contribution in [2.75, 3.05) is 13.1 Å². The number of carbonyl (C=O) groups excluding carboxylic acids is 2. The van der Waals surface area contributed by atoms with Crippen LogP contribution >= 0.6 is 0 Å².